The Labute approximate surface area is 188 Å². The van der Waals surface area contributed by atoms with E-state index < -0.39 is 5.97 Å². The van der Waals surface area contributed by atoms with Gasteiger partial charge in [0.15, 0.2) is 0 Å². The smallest absolute Gasteiger partial charge is 0.335 e. The summed E-state index contributed by atoms with van der Waals surface area (Å²) in [7, 11) is 0. The van der Waals surface area contributed by atoms with Crippen LogP contribution in [0.3, 0.4) is 0 Å². The zero-order valence-electron chi connectivity index (χ0n) is 18.8. The van der Waals surface area contributed by atoms with Gasteiger partial charge < -0.3 is 10.0 Å². The molecule has 0 atom stereocenters. The number of anilines is 1. The lowest BCUT2D eigenvalue weighted by atomic mass is 9.77. The minimum atomic E-state index is -0.977. The van der Waals surface area contributed by atoms with E-state index >= 15 is 0 Å². The zero-order chi connectivity index (χ0) is 23.0. The normalized spacial score (nSPS) is 15.0. The molecule has 3 aromatic rings. The zero-order valence-corrected chi connectivity index (χ0v) is 18.8. The van der Waals surface area contributed by atoms with Gasteiger partial charge in [-0.3, -0.25) is 4.79 Å². The summed E-state index contributed by atoms with van der Waals surface area (Å²) < 4.78 is 0. The van der Waals surface area contributed by atoms with Crippen molar-refractivity contribution in [1.82, 2.24) is 0 Å². The average molecular weight is 426 g/mol. The number of carbonyl (C=O) groups is 2. The summed E-state index contributed by atoms with van der Waals surface area (Å²) in [4.78, 5) is 27.0. The van der Waals surface area contributed by atoms with Crippen LogP contribution in [0.1, 0.15) is 53.4 Å². The van der Waals surface area contributed by atoms with Crippen molar-refractivity contribution in [1.29, 1.82) is 0 Å². The molecule has 4 rings (SSSR count). The van der Waals surface area contributed by atoms with Crippen LogP contribution in [0.2, 0.25) is 0 Å². The van der Waals surface area contributed by atoms with Gasteiger partial charge in [-0.1, -0.05) is 80.9 Å². The molecule has 0 spiro atoms. The van der Waals surface area contributed by atoms with E-state index in [9.17, 15) is 14.7 Å². The van der Waals surface area contributed by atoms with Gasteiger partial charge in [-0.05, 0) is 47.2 Å². The highest BCUT2D eigenvalue weighted by atomic mass is 16.4. The maximum atomic E-state index is 13.9. The van der Waals surface area contributed by atoms with Gasteiger partial charge in [0.1, 0.15) is 0 Å². The number of para-hydroxylation sites is 1. The van der Waals surface area contributed by atoms with Crippen molar-refractivity contribution >= 4 is 28.7 Å². The number of aromatic carboxylic acids is 1. The van der Waals surface area contributed by atoms with Gasteiger partial charge in [-0.2, -0.15) is 0 Å². The molecular weight excluding hydrogens is 398 g/mol. The van der Waals surface area contributed by atoms with Crippen LogP contribution >= 0.6 is 0 Å². The van der Waals surface area contributed by atoms with E-state index in [-0.39, 0.29) is 16.9 Å². The van der Waals surface area contributed by atoms with Gasteiger partial charge in [-0.15, -0.1) is 0 Å². The summed E-state index contributed by atoms with van der Waals surface area (Å²) in [6, 6.07) is 22.9. The first kappa shape index (κ1) is 21.6. The Morgan fingerprint density at radius 3 is 2.25 bits per heavy atom. The molecule has 0 bridgehead atoms. The number of benzene rings is 3. The van der Waals surface area contributed by atoms with Crippen molar-refractivity contribution in [2.75, 3.05) is 4.90 Å². The highest BCUT2D eigenvalue weighted by Gasteiger charge is 2.37. The lowest BCUT2D eigenvalue weighted by Crippen LogP contribution is -2.27. The number of amides is 1. The summed E-state index contributed by atoms with van der Waals surface area (Å²) in [5.74, 6) is -1.03. The van der Waals surface area contributed by atoms with Gasteiger partial charge in [0, 0.05) is 5.56 Å². The monoisotopic (exact) mass is 425 g/mol. The molecule has 1 heterocycles. The number of aryl methyl sites for hydroxylation is 1. The first-order valence-corrected chi connectivity index (χ1v) is 10.7. The van der Waals surface area contributed by atoms with E-state index in [0.29, 0.717) is 12.1 Å². The number of carboxylic acids is 1. The largest absolute Gasteiger partial charge is 0.478 e. The Morgan fingerprint density at radius 1 is 0.906 bits per heavy atom. The minimum absolute atomic E-state index is 0.0579. The number of fused-ring (bicyclic) bond motifs is 1. The van der Waals surface area contributed by atoms with Crippen LogP contribution in [-0.2, 0) is 11.3 Å². The van der Waals surface area contributed by atoms with Gasteiger partial charge in [0.25, 0.3) is 5.91 Å². The van der Waals surface area contributed by atoms with E-state index in [1.54, 1.807) is 23.1 Å². The summed E-state index contributed by atoms with van der Waals surface area (Å²) in [5, 5.41) is 9.34. The van der Waals surface area contributed by atoms with E-state index in [1.165, 1.54) is 5.56 Å². The lowest BCUT2D eigenvalue weighted by Gasteiger charge is -2.26. The standard InChI is InChI=1S/C28H27NO3/c1-18-12-14-20(15-13-18)25(28(2,3)4)24-22-10-5-6-11-23(22)29(26(24)30)17-19-8-7-9-21(16-19)27(31)32/h5-16H,17H2,1-4H3,(H,31,32)/b25-24-. The number of allylic oxidation sites excluding steroid dienone is 1. The Balaban J connectivity index is 1.87. The molecule has 3 aromatic carbocycles. The van der Waals surface area contributed by atoms with Crippen molar-refractivity contribution in [3.63, 3.8) is 0 Å². The predicted octanol–water partition coefficient (Wildman–Crippen LogP) is 6.20. The Kier molecular flexibility index (Phi) is 5.47. The van der Waals surface area contributed by atoms with E-state index in [2.05, 4.69) is 52.0 Å². The van der Waals surface area contributed by atoms with E-state index in [4.69, 9.17) is 0 Å². The first-order valence-electron chi connectivity index (χ1n) is 10.7. The molecule has 162 valence electrons. The van der Waals surface area contributed by atoms with Crippen molar-refractivity contribution in [3.05, 3.63) is 101 Å². The van der Waals surface area contributed by atoms with Crippen LogP contribution in [0, 0.1) is 12.3 Å². The number of nitrogens with zero attached hydrogens (tertiary/aromatic N) is 1. The molecule has 1 N–H and O–H groups in total. The SMILES string of the molecule is Cc1ccc(/C(=C2/C(=O)N(Cc3cccc(C(=O)O)c3)c3ccccc32)C(C)(C)C)cc1. The number of carboxylic acid groups (broad SMARTS) is 1. The Bertz CT molecular complexity index is 1230. The minimum Gasteiger partial charge on any atom is -0.478 e. The van der Waals surface area contributed by atoms with Crippen LogP contribution in [0.25, 0.3) is 11.1 Å². The number of carbonyl (C=O) groups excluding carboxylic acids is 1. The van der Waals surface area contributed by atoms with E-state index in [1.807, 2.05) is 30.3 Å². The van der Waals surface area contributed by atoms with Crippen LogP contribution in [0.15, 0.2) is 72.8 Å². The molecule has 0 fully saturated rings. The van der Waals surface area contributed by atoms with Gasteiger partial charge in [0.2, 0.25) is 0 Å². The second-order valence-electron chi connectivity index (χ2n) is 9.28. The van der Waals surface area contributed by atoms with E-state index in [0.717, 1.165) is 28.0 Å². The highest BCUT2D eigenvalue weighted by molar-refractivity contribution is 6.37. The summed E-state index contributed by atoms with van der Waals surface area (Å²) in [6.07, 6.45) is 0. The van der Waals surface area contributed by atoms with Crippen molar-refractivity contribution in [3.8, 4) is 0 Å². The molecule has 4 nitrogen and oxygen atoms in total. The number of hydrogen-bond acceptors (Lipinski definition) is 2. The third-order valence-corrected chi connectivity index (χ3v) is 5.78. The van der Waals surface area contributed by atoms with Gasteiger partial charge >= 0.3 is 5.97 Å². The molecule has 0 saturated heterocycles. The van der Waals surface area contributed by atoms with Crippen LogP contribution in [0.5, 0.6) is 0 Å². The second-order valence-corrected chi connectivity index (χ2v) is 9.28. The molecule has 0 aromatic heterocycles. The molecule has 1 aliphatic rings. The number of rotatable bonds is 4. The molecule has 0 unspecified atom stereocenters. The summed E-state index contributed by atoms with van der Waals surface area (Å²) in [5.41, 5.74) is 6.44. The average Bonchev–Trinajstić information content (AvgIpc) is 3.01. The fraction of sp³-hybridized carbons (Fsp3) is 0.214. The highest BCUT2D eigenvalue weighted by Crippen LogP contribution is 2.47. The summed E-state index contributed by atoms with van der Waals surface area (Å²) >= 11 is 0. The molecular formula is C28H27NO3. The quantitative estimate of drug-likeness (QED) is 0.507. The van der Waals surface area contributed by atoms with Crippen LogP contribution < -0.4 is 4.90 Å². The lowest BCUT2D eigenvalue weighted by molar-refractivity contribution is -0.113. The molecule has 32 heavy (non-hydrogen) atoms. The number of hydrogen-bond donors (Lipinski definition) is 1. The predicted molar refractivity (Wildman–Crippen MR) is 128 cm³/mol. The molecule has 1 aliphatic heterocycles. The molecule has 0 aliphatic carbocycles. The molecule has 0 saturated carbocycles. The maximum Gasteiger partial charge on any atom is 0.335 e. The fourth-order valence-corrected chi connectivity index (χ4v) is 4.34. The molecule has 1 amide bonds. The van der Waals surface area contributed by atoms with Gasteiger partial charge in [0.05, 0.1) is 23.4 Å². The van der Waals surface area contributed by atoms with Gasteiger partial charge in [-0.25, -0.2) is 4.79 Å². The van der Waals surface area contributed by atoms with Crippen LogP contribution in [-0.4, -0.2) is 17.0 Å². The van der Waals surface area contributed by atoms with Crippen molar-refractivity contribution in [2.45, 2.75) is 34.2 Å². The maximum absolute atomic E-state index is 13.9. The van der Waals surface area contributed by atoms with Crippen LogP contribution in [0.4, 0.5) is 5.69 Å². The Hall–Kier alpha value is -3.66. The third-order valence-electron chi connectivity index (χ3n) is 5.78. The molecule has 4 heteroatoms. The summed E-state index contributed by atoms with van der Waals surface area (Å²) in [6.45, 7) is 8.75. The molecule has 0 radical (unpaired) electrons. The first-order chi connectivity index (χ1) is 15.2. The topological polar surface area (TPSA) is 57.6 Å². The van der Waals surface area contributed by atoms with Crippen molar-refractivity contribution in [2.24, 2.45) is 5.41 Å². The fourth-order valence-electron chi connectivity index (χ4n) is 4.34. The Morgan fingerprint density at radius 2 is 1.59 bits per heavy atom. The van der Waals surface area contributed by atoms with Crippen molar-refractivity contribution < 1.29 is 14.7 Å². The third kappa shape index (κ3) is 3.96. The second kappa shape index (κ2) is 8.12.